The summed E-state index contributed by atoms with van der Waals surface area (Å²) < 4.78 is 7.71. The van der Waals surface area contributed by atoms with Crippen molar-refractivity contribution in [3.05, 3.63) is 53.3 Å². The Kier molecular flexibility index (Phi) is 10.3. The van der Waals surface area contributed by atoms with Crippen LogP contribution in [0.4, 0.5) is 0 Å². The standard InChI is InChI=1S/C22H32N6O2.HI/c1-4-5-10-24-21(29)18-8-6-17(7-9-18)13-25-22(23-2)28-11-12-30-20(16-28)19-14-26-27(3)15-19;/h6-9,14-15,20H,4-5,10-13,16H2,1-3H3,(H,23,25)(H,24,29);1H. The topological polar surface area (TPSA) is 83.8 Å². The van der Waals surface area contributed by atoms with E-state index in [1.807, 2.05) is 43.7 Å². The zero-order valence-corrected chi connectivity index (χ0v) is 20.8. The average molecular weight is 540 g/mol. The number of nitrogens with one attached hydrogen (secondary N) is 2. The highest BCUT2D eigenvalue weighted by atomic mass is 127. The van der Waals surface area contributed by atoms with E-state index in [1.54, 1.807) is 11.7 Å². The normalized spacial score (nSPS) is 16.5. The number of guanidine groups is 1. The third kappa shape index (κ3) is 7.20. The number of amides is 1. The number of aliphatic imine (C=N–C) groups is 1. The molecular formula is C22H33IN6O2. The summed E-state index contributed by atoms with van der Waals surface area (Å²) in [4.78, 5) is 18.8. The molecule has 1 unspecified atom stereocenters. The van der Waals surface area contributed by atoms with Gasteiger partial charge in [-0.05, 0) is 24.1 Å². The summed E-state index contributed by atoms with van der Waals surface area (Å²) in [5.41, 5.74) is 2.86. The smallest absolute Gasteiger partial charge is 0.251 e. The minimum atomic E-state index is -0.0199. The number of benzene rings is 1. The van der Waals surface area contributed by atoms with Crippen LogP contribution in [-0.4, -0.2) is 59.8 Å². The number of aryl methyl sites for hydroxylation is 1. The monoisotopic (exact) mass is 540 g/mol. The third-order valence-electron chi connectivity index (χ3n) is 5.16. The van der Waals surface area contributed by atoms with E-state index in [0.29, 0.717) is 25.3 Å². The maximum atomic E-state index is 12.1. The summed E-state index contributed by atoms with van der Waals surface area (Å²) in [7, 11) is 3.70. The quantitative estimate of drug-likeness (QED) is 0.244. The first kappa shape index (κ1) is 25.1. The number of halogens is 1. The first-order valence-electron chi connectivity index (χ1n) is 10.5. The summed E-state index contributed by atoms with van der Waals surface area (Å²) >= 11 is 0. The third-order valence-corrected chi connectivity index (χ3v) is 5.16. The molecule has 8 nitrogen and oxygen atoms in total. The molecular weight excluding hydrogens is 507 g/mol. The predicted molar refractivity (Wildman–Crippen MR) is 133 cm³/mol. The van der Waals surface area contributed by atoms with Gasteiger partial charge >= 0.3 is 0 Å². The van der Waals surface area contributed by atoms with E-state index >= 15 is 0 Å². The van der Waals surface area contributed by atoms with Crippen molar-refractivity contribution in [2.75, 3.05) is 33.3 Å². The van der Waals surface area contributed by atoms with Gasteiger partial charge in [-0.1, -0.05) is 25.5 Å². The lowest BCUT2D eigenvalue weighted by molar-refractivity contribution is -0.00805. The molecule has 1 atom stereocenters. The van der Waals surface area contributed by atoms with Gasteiger partial charge in [0, 0.05) is 51.1 Å². The van der Waals surface area contributed by atoms with Crippen molar-refractivity contribution in [1.29, 1.82) is 0 Å². The fourth-order valence-corrected chi connectivity index (χ4v) is 3.42. The molecule has 2 heterocycles. The molecule has 0 saturated carbocycles. The lowest BCUT2D eigenvalue weighted by atomic mass is 10.1. The number of carbonyl (C=O) groups is 1. The van der Waals surface area contributed by atoms with E-state index in [0.717, 1.165) is 43.0 Å². The molecule has 0 aliphatic carbocycles. The summed E-state index contributed by atoms with van der Waals surface area (Å²) in [6, 6.07) is 7.70. The first-order chi connectivity index (χ1) is 14.6. The summed E-state index contributed by atoms with van der Waals surface area (Å²) in [6.07, 6.45) is 5.89. The average Bonchev–Trinajstić information content (AvgIpc) is 3.21. The molecule has 1 fully saturated rings. The Bertz CT molecular complexity index is 852. The van der Waals surface area contributed by atoms with Crippen molar-refractivity contribution in [2.45, 2.75) is 32.4 Å². The van der Waals surface area contributed by atoms with Crippen LogP contribution in [0.2, 0.25) is 0 Å². The van der Waals surface area contributed by atoms with E-state index < -0.39 is 0 Å². The van der Waals surface area contributed by atoms with Gasteiger partial charge in [-0.3, -0.25) is 14.5 Å². The zero-order valence-electron chi connectivity index (χ0n) is 18.5. The van der Waals surface area contributed by atoms with Crippen LogP contribution in [-0.2, 0) is 18.3 Å². The van der Waals surface area contributed by atoms with E-state index in [9.17, 15) is 4.79 Å². The molecule has 2 N–H and O–H groups in total. The Labute approximate surface area is 201 Å². The number of aromatic nitrogens is 2. The van der Waals surface area contributed by atoms with Crippen LogP contribution in [0, 0.1) is 0 Å². The summed E-state index contributed by atoms with van der Waals surface area (Å²) in [5, 5.41) is 10.6. The minimum absolute atomic E-state index is 0. The number of nitrogens with zero attached hydrogens (tertiary/aromatic N) is 4. The number of hydrogen-bond donors (Lipinski definition) is 2. The number of morpholine rings is 1. The second-order valence-corrected chi connectivity index (χ2v) is 7.46. The van der Waals surface area contributed by atoms with E-state index in [-0.39, 0.29) is 36.0 Å². The maximum Gasteiger partial charge on any atom is 0.251 e. The Hall–Kier alpha value is -2.14. The number of rotatable bonds is 7. The van der Waals surface area contributed by atoms with Gasteiger partial charge in [0.05, 0.1) is 19.3 Å². The Morgan fingerprint density at radius 3 is 2.71 bits per heavy atom. The largest absolute Gasteiger partial charge is 0.370 e. The number of ether oxygens (including phenoxy) is 1. The molecule has 31 heavy (non-hydrogen) atoms. The molecule has 0 radical (unpaired) electrons. The molecule has 9 heteroatoms. The van der Waals surface area contributed by atoms with E-state index in [1.165, 1.54) is 0 Å². The second kappa shape index (κ2) is 12.7. The number of unbranched alkanes of at least 4 members (excludes halogenated alkanes) is 1. The van der Waals surface area contributed by atoms with Gasteiger partial charge in [-0.25, -0.2) is 0 Å². The molecule has 1 amide bonds. The van der Waals surface area contributed by atoms with E-state index in [4.69, 9.17) is 4.74 Å². The predicted octanol–water partition coefficient (Wildman–Crippen LogP) is 2.72. The lowest BCUT2D eigenvalue weighted by Gasteiger charge is -2.34. The van der Waals surface area contributed by atoms with Gasteiger partial charge < -0.3 is 20.3 Å². The second-order valence-electron chi connectivity index (χ2n) is 7.46. The highest BCUT2D eigenvalue weighted by Crippen LogP contribution is 2.21. The molecule has 0 spiro atoms. The highest BCUT2D eigenvalue weighted by molar-refractivity contribution is 14.0. The van der Waals surface area contributed by atoms with Gasteiger partial charge in [-0.15, -0.1) is 24.0 Å². The van der Waals surface area contributed by atoms with Gasteiger partial charge in [0.15, 0.2) is 5.96 Å². The molecule has 1 aliphatic heterocycles. The molecule has 3 rings (SSSR count). The van der Waals surface area contributed by atoms with Crippen LogP contribution in [0.5, 0.6) is 0 Å². The molecule has 1 aliphatic rings. The number of carbonyl (C=O) groups excluding carboxylic acids is 1. The Morgan fingerprint density at radius 2 is 2.06 bits per heavy atom. The molecule has 170 valence electrons. The van der Waals surface area contributed by atoms with Gasteiger partial charge in [0.1, 0.15) is 6.10 Å². The van der Waals surface area contributed by atoms with Crippen molar-refractivity contribution in [3.63, 3.8) is 0 Å². The summed E-state index contributed by atoms with van der Waals surface area (Å²) in [5.74, 6) is 0.821. The van der Waals surface area contributed by atoms with Crippen LogP contribution in [0.25, 0.3) is 0 Å². The first-order valence-corrected chi connectivity index (χ1v) is 10.5. The van der Waals surface area contributed by atoms with Crippen molar-refractivity contribution >= 4 is 35.8 Å². The van der Waals surface area contributed by atoms with Crippen molar-refractivity contribution < 1.29 is 9.53 Å². The Balaban J connectivity index is 0.00000341. The van der Waals surface area contributed by atoms with Crippen LogP contribution in [0.15, 0.2) is 41.7 Å². The SMILES string of the molecule is CCCCNC(=O)c1ccc(CNC(=NC)N2CCOC(c3cnn(C)c3)C2)cc1.I. The highest BCUT2D eigenvalue weighted by Gasteiger charge is 2.25. The molecule has 2 aromatic rings. The summed E-state index contributed by atoms with van der Waals surface area (Å²) in [6.45, 7) is 5.61. The van der Waals surface area contributed by atoms with Crippen molar-refractivity contribution in [3.8, 4) is 0 Å². The van der Waals surface area contributed by atoms with Crippen LogP contribution in [0.1, 0.15) is 47.4 Å². The molecule has 1 saturated heterocycles. The van der Waals surface area contributed by atoms with Crippen molar-refractivity contribution in [1.82, 2.24) is 25.3 Å². The minimum Gasteiger partial charge on any atom is -0.370 e. The molecule has 1 aromatic heterocycles. The van der Waals surface area contributed by atoms with Crippen LogP contribution in [0.3, 0.4) is 0 Å². The molecule has 0 bridgehead atoms. The number of hydrogen-bond acceptors (Lipinski definition) is 4. The van der Waals surface area contributed by atoms with E-state index in [2.05, 4.69) is 32.5 Å². The Morgan fingerprint density at radius 1 is 1.29 bits per heavy atom. The fourth-order valence-electron chi connectivity index (χ4n) is 3.42. The van der Waals surface area contributed by atoms with Gasteiger partial charge in [0.25, 0.3) is 5.91 Å². The van der Waals surface area contributed by atoms with Gasteiger partial charge in [0.2, 0.25) is 0 Å². The van der Waals surface area contributed by atoms with Crippen LogP contribution >= 0.6 is 24.0 Å². The maximum absolute atomic E-state index is 12.1. The lowest BCUT2D eigenvalue weighted by Crippen LogP contribution is -2.47. The van der Waals surface area contributed by atoms with Gasteiger partial charge in [-0.2, -0.15) is 5.10 Å². The molecule has 1 aromatic carbocycles. The van der Waals surface area contributed by atoms with Crippen LogP contribution < -0.4 is 10.6 Å². The fraction of sp³-hybridized carbons (Fsp3) is 0.500. The van der Waals surface area contributed by atoms with Crippen molar-refractivity contribution in [2.24, 2.45) is 12.0 Å². The zero-order chi connectivity index (χ0) is 21.3.